The number of ether oxygens (including phenoxy) is 2. The molecule has 0 N–H and O–H groups in total. The molecule has 0 fully saturated rings. The lowest BCUT2D eigenvalue weighted by Crippen LogP contribution is -2.34. The van der Waals surface area contributed by atoms with E-state index in [2.05, 4.69) is 4.74 Å². The molecule has 0 radical (unpaired) electrons. The van der Waals surface area contributed by atoms with E-state index in [-0.39, 0.29) is 0 Å². The number of nitrogens with zero attached hydrogens (tertiary/aromatic N) is 1. The fourth-order valence-electron chi connectivity index (χ4n) is 1.24. The first-order valence-corrected chi connectivity index (χ1v) is 4.60. The Morgan fingerprint density at radius 1 is 1.19 bits per heavy atom. The third kappa shape index (κ3) is 2.31. The van der Waals surface area contributed by atoms with Crippen molar-refractivity contribution < 1.29 is 19.1 Å². The highest BCUT2D eigenvalue weighted by Crippen LogP contribution is 2.26. The van der Waals surface area contributed by atoms with Crippen LogP contribution >= 0.6 is 0 Å². The monoisotopic (exact) mass is 223 g/mol. The number of likely N-dealkylation sites (N-methyl/N-ethyl adjacent to an activating group) is 1. The molecule has 86 valence electrons. The first-order valence-electron chi connectivity index (χ1n) is 4.60. The van der Waals surface area contributed by atoms with Crippen LogP contribution in [0.15, 0.2) is 24.3 Å². The molecule has 0 heterocycles. The molecular formula is C11H13NO4. The molecule has 16 heavy (non-hydrogen) atoms. The summed E-state index contributed by atoms with van der Waals surface area (Å²) in [6.07, 6.45) is 0. The minimum Gasteiger partial charge on any atom is -0.495 e. The Hall–Kier alpha value is -2.04. The predicted molar refractivity (Wildman–Crippen MR) is 58.4 cm³/mol. The molecule has 5 heteroatoms. The van der Waals surface area contributed by atoms with Crippen LogP contribution in [-0.2, 0) is 14.3 Å². The van der Waals surface area contributed by atoms with Gasteiger partial charge in [0.15, 0.2) is 0 Å². The van der Waals surface area contributed by atoms with Gasteiger partial charge < -0.3 is 14.4 Å². The first-order chi connectivity index (χ1) is 7.61. The maximum absolute atomic E-state index is 11.5. The Morgan fingerprint density at radius 3 is 2.38 bits per heavy atom. The van der Waals surface area contributed by atoms with Gasteiger partial charge in [0.25, 0.3) is 0 Å². The molecule has 0 aromatic heterocycles. The molecule has 0 unspecified atom stereocenters. The van der Waals surface area contributed by atoms with Crippen molar-refractivity contribution in [2.75, 3.05) is 26.2 Å². The van der Waals surface area contributed by atoms with Crippen molar-refractivity contribution in [2.24, 2.45) is 0 Å². The molecule has 0 spiro atoms. The number of amides is 1. The van der Waals surface area contributed by atoms with Gasteiger partial charge in [0.1, 0.15) is 5.75 Å². The Balaban J connectivity index is 3.00. The summed E-state index contributed by atoms with van der Waals surface area (Å²) in [4.78, 5) is 23.8. The van der Waals surface area contributed by atoms with Crippen molar-refractivity contribution >= 4 is 17.6 Å². The second kappa shape index (κ2) is 5.16. The number of methoxy groups -OCH3 is 2. The summed E-state index contributed by atoms with van der Waals surface area (Å²) >= 11 is 0. The number of anilines is 1. The van der Waals surface area contributed by atoms with E-state index < -0.39 is 11.9 Å². The van der Waals surface area contributed by atoms with Gasteiger partial charge in [0, 0.05) is 7.05 Å². The fourth-order valence-corrected chi connectivity index (χ4v) is 1.24. The zero-order valence-electron chi connectivity index (χ0n) is 9.39. The summed E-state index contributed by atoms with van der Waals surface area (Å²) in [6, 6.07) is 6.91. The molecule has 5 nitrogen and oxygen atoms in total. The third-order valence-electron chi connectivity index (χ3n) is 2.11. The van der Waals surface area contributed by atoms with Crippen LogP contribution in [0.1, 0.15) is 0 Å². The number of rotatable bonds is 2. The number of carbonyl (C=O) groups is 2. The van der Waals surface area contributed by atoms with Crippen LogP contribution in [0.25, 0.3) is 0 Å². The molecule has 0 saturated heterocycles. The molecule has 1 aromatic rings. The van der Waals surface area contributed by atoms with Gasteiger partial charge >= 0.3 is 11.9 Å². The first kappa shape index (κ1) is 12.0. The van der Waals surface area contributed by atoms with Gasteiger partial charge in [-0.15, -0.1) is 0 Å². The predicted octanol–water partition coefficient (Wildman–Crippen LogP) is 0.831. The van der Waals surface area contributed by atoms with Crippen molar-refractivity contribution in [1.29, 1.82) is 0 Å². The number of hydrogen-bond donors (Lipinski definition) is 0. The molecule has 0 aliphatic heterocycles. The minimum atomic E-state index is -0.909. The molecular weight excluding hydrogens is 210 g/mol. The number of carbonyl (C=O) groups excluding carboxylic acids is 2. The maximum Gasteiger partial charge on any atom is 0.397 e. The van der Waals surface area contributed by atoms with Crippen molar-refractivity contribution in [3.8, 4) is 5.75 Å². The van der Waals surface area contributed by atoms with Gasteiger partial charge in [-0.1, -0.05) is 12.1 Å². The molecule has 1 aromatic carbocycles. The highest BCUT2D eigenvalue weighted by Gasteiger charge is 2.22. The lowest BCUT2D eigenvalue weighted by molar-refractivity contribution is -0.151. The summed E-state index contributed by atoms with van der Waals surface area (Å²) in [5, 5.41) is 0. The van der Waals surface area contributed by atoms with E-state index in [1.54, 1.807) is 24.3 Å². The van der Waals surface area contributed by atoms with Crippen LogP contribution in [0, 0.1) is 0 Å². The topological polar surface area (TPSA) is 55.8 Å². The molecule has 1 rings (SSSR count). The zero-order chi connectivity index (χ0) is 12.1. The molecule has 0 bridgehead atoms. The van der Waals surface area contributed by atoms with Gasteiger partial charge in [0.05, 0.1) is 19.9 Å². The number of hydrogen-bond acceptors (Lipinski definition) is 4. The second-order valence-electron chi connectivity index (χ2n) is 3.03. The largest absolute Gasteiger partial charge is 0.495 e. The van der Waals surface area contributed by atoms with Crippen LogP contribution in [-0.4, -0.2) is 33.1 Å². The quantitative estimate of drug-likeness (QED) is 0.550. The van der Waals surface area contributed by atoms with Gasteiger partial charge in [-0.05, 0) is 12.1 Å². The lowest BCUT2D eigenvalue weighted by Gasteiger charge is -2.18. The standard InChI is InChI=1S/C11H13NO4/c1-12(10(13)11(14)16-3)8-6-4-5-7-9(8)15-2/h4-7H,1-3H3. The summed E-state index contributed by atoms with van der Waals surface area (Å²) < 4.78 is 9.44. The van der Waals surface area contributed by atoms with Crippen LogP contribution < -0.4 is 9.64 Å². The number of para-hydroxylation sites is 2. The smallest absolute Gasteiger partial charge is 0.397 e. The van der Waals surface area contributed by atoms with E-state index in [1.165, 1.54) is 19.1 Å². The SMILES string of the molecule is COC(=O)C(=O)N(C)c1ccccc1OC. The Labute approximate surface area is 93.6 Å². The zero-order valence-corrected chi connectivity index (χ0v) is 9.39. The van der Waals surface area contributed by atoms with E-state index in [9.17, 15) is 9.59 Å². The highest BCUT2D eigenvalue weighted by molar-refractivity contribution is 6.38. The molecule has 0 atom stereocenters. The Morgan fingerprint density at radius 2 is 1.81 bits per heavy atom. The van der Waals surface area contributed by atoms with Crippen molar-refractivity contribution in [2.45, 2.75) is 0 Å². The molecule has 1 amide bonds. The van der Waals surface area contributed by atoms with E-state index in [0.717, 1.165) is 7.11 Å². The van der Waals surface area contributed by atoms with Crippen molar-refractivity contribution in [3.05, 3.63) is 24.3 Å². The summed E-state index contributed by atoms with van der Waals surface area (Å²) in [7, 11) is 4.14. The summed E-state index contributed by atoms with van der Waals surface area (Å²) in [6.45, 7) is 0. The molecule has 0 aliphatic carbocycles. The fraction of sp³-hybridized carbons (Fsp3) is 0.273. The van der Waals surface area contributed by atoms with Gasteiger partial charge in [-0.3, -0.25) is 4.79 Å². The normalized spacial score (nSPS) is 9.44. The Bertz CT molecular complexity index is 403. The van der Waals surface area contributed by atoms with Crippen molar-refractivity contribution in [1.82, 2.24) is 0 Å². The Kier molecular flexibility index (Phi) is 3.88. The van der Waals surface area contributed by atoms with Crippen LogP contribution in [0.5, 0.6) is 5.75 Å². The van der Waals surface area contributed by atoms with Crippen molar-refractivity contribution in [3.63, 3.8) is 0 Å². The average Bonchev–Trinajstić information content (AvgIpc) is 2.35. The summed E-state index contributed by atoms with van der Waals surface area (Å²) in [5.74, 6) is -1.14. The number of benzene rings is 1. The van der Waals surface area contributed by atoms with Crippen LogP contribution in [0.4, 0.5) is 5.69 Å². The van der Waals surface area contributed by atoms with E-state index in [1.807, 2.05) is 0 Å². The van der Waals surface area contributed by atoms with E-state index in [4.69, 9.17) is 4.74 Å². The van der Waals surface area contributed by atoms with E-state index in [0.29, 0.717) is 11.4 Å². The van der Waals surface area contributed by atoms with Gasteiger partial charge in [-0.2, -0.15) is 0 Å². The summed E-state index contributed by atoms with van der Waals surface area (Å²) in [5.41, 5.74) is 0.514. The van der Waals surface area contributed by atoms with Gasteiger partial charge in [-0.25, -0.2) is 4.79 Å². The minimum absolute atomic E-state index is 0.514. The average molecular weight is 223 g/mol. The highest BCUT2D eigenvalue weighted by atomic mass is 16.5. The van der Waals surface area contributed by atoms with Crippen LogP contribution in [0.2, 0.25) is 0 Å². The van der Waals surface area contributed by atoms with Gasteiger partial charge in [0.2, 0.25) is 0 Å². The molecule has 0 aliphatic rings. The third-order valence-corrected chi connectivity index (χ3v) is 2.11. The number of esters is 1. The molecule has 0 saturated carbocycles. The maximum atomic E-state index is 11.5. The second-order valence-corrected chi connectivity index (χ2v) is 3.03. The lowest BCUT2D eigenvalue weighted by atomic mass is 10.2. The van der Waals surface area contributed by atoms with Crippen LogP contribution in [0.3, 0.4) is 0 Å². The van der Waals surface area contributed by atoms with E-state index >= 15 is 0 Å².